The van der Waals surface area contributed by atoms with Gasteiger partial charge in [-0.05, 0) is 31.4 Å². The van der Waals surface area contributed by atoms with Crippen LogP contribution in [0, 0.1) is 6.92 Å². The lowest BCUT2D eigenvalue weighted by Crippen LogP contribution is -2.57. The fourth-order valence-corrected chi connectivity index (χ4v) is 3.13. The molecule has 25 heavy (non-hydrogen) atoms. The highest BCUT2D eigenvalue weighted by Crippen LogP contribution is 2.24. The number of pyridine rings is 1. The molecule has 3 N–H and O–H groups in total. The van der Waals surface area contributed by atoms with Crippen molar-refractivity contribution >= 4 is 11.8 Å². The summed E-state index contributed by atoms with van der Waals surface area (Å²) in [5.41, 5.74) is 6.99. The van der Waals surface area contributed by atoms with Crippen LogP contribution in [0.1, 0.15) is 28.8 Å². The molecule has 2 heterocycles. The standard InChI is InChI=1S/C19H21N3O3/c1-13-4-2-5-14(8-13)15-9-16(11-21-10-15)17(23)22-7-3-6-19(25,12-22)18(20)24/h2,4-5,8-11,25H,3,6-7,12H2,1H3,(H2,20,24)/t19-/m1/s1. The Hall–Kier alpha value is -2.73. The lowest BCUT2D eigenvalue weighted by atomic mass is 9.92. The molecule has 3 rings (SSSR count). The van der Waals surface area contributed by atoms with E-state index in [1.807, 2.05) is 31.2 Å². The van der Waals surface area contributed by atoms with Crippen molar-refractivity contribution in [1.82, 2.24) is 9.88 Å². The Morgan fingerprint density at radius 1 is 1.24 bits per heavy atom. The molecule has 1 aromatic carbocycles. The van der Waals surface area contributed by atoms with E-state index in [0.29, 0.717) is 18.5 Å². The van der Waals surface area contributed by atoms with Crippen molar-refractivity contribution in [3.63, 3.8) is 0 Å². The third-order valence-electron chi connectivity index (χ3n) is 4.55. The Balaban J connectivity index is 1.86. The van der Waals surface area contributed by atoms with Gasteiger partial charge in [-0.2, -0.15) is 0 Å². The number of benzene rings is 1. The van der Waals surface area contributed by atoms with Gasteiger partial charge >= 0.3 is 0 Å². The van der Waals surface area contributed by atoms with E-state index in [4.69, 9.17) is 5.73 Å². The maximum Gasteiger partial charge on any atom is 0.255 e. The van der Waals surface area contributed by atoms with E-state index in [9.17, 15) is 14.7 Å². The largest absolute Gasteiger partial charge is 0.378 e. The number of β-amino-alcohol motifs (C(OH)–C–C–N with tert-alkyl or cyclic N) is 1. The Morgan fingerprint density at radius 2 is 2.04 bits per heavy atom. The van der Waals surface area contributed by atoms with Crippen molar-refractivity contribution in [2.45, 2.75) is 25.4 Å². The molecule has 1 aliphatic rings. The number of hydrogen-bond acceptors (Lipinski definition) is 4. The van der Waals surface area contributed by atoms with Crippen LogP contribution in [0.4, 0.5) is 0 Å². The van der Waals surface area contributed by atoms with Crippen molar-refractivity contribution in [2.75, 3.05) is 13.1 Å². The molecule has 1 aromatic heterocycles. The summed E-state index contributed by atoms with van der Waals surface area (Å²) in [6, 6.07) is 9.73. The predicted molar refractivity (Wildman–Crippen MR) is 93.7 cm³/mol. The quantitative estimate of drug-likeness (QED) is 0.886. The molecule has 0 bridgehead atoms. The molecular weight excluding hydrogens is 318 g/mol. The van der Waals surface area contributed by atoms with E-state index in [1.165, 1.54) is 11.1 Å². The number of nitrogens with two attached hydrogens (primary N) is 1. The number of carbonyl (C=O) groups is 2. The first-order valence-electron chi connectivity index (χ1n) is 8.23. The van der Waals surface area contributed by atoms with Gasteiger partial charge < -0.3 is 15.7 Å². The average molecular weight is 339 g/mol. The summed E-state index contributed by atoms with van der Waals surface area (Å²) >= 11 is 0. The van der Waals surface area contributed by atoms with Crippen molar-refractivity contribution in [3.05, 3.63) is 53.9 Å². The Morgan fingerprint density at radius 3 is 2.76 bits per heavy atom. The number of amides is 2. The maximum absolute atomic E-state index is 12.8. The number of rotatable bonds is 3. The highest BCUT2D eigenvalue weighted by molar-refractivity contribution is 5.96. The number of aryl methyl sites for hydroxylation is 1. The van der Waals surface area contributed by atoms with Gasteiger partial charge in [0.15, 0.2) is 5.60 Å². The van der Waals surface area contributed by atoms with Crippen LogP contribution in [0.5, 0.6) is 0 Å². The van der Waals surface area contributed by atoms with Crippen LogP contribution < -0.4 is 5.73 Å². The first kappa shape index (κ1) is 17.1. The van der Waals surface area contributed by atoms with Crippen LogP contribution >= 0.6 is 0 Å². The van der Waals surface area contributed by atoms with Crippen molar-refractivity contribution in [3.8, 4) is 11.1 Å². The van der Waals surface area contributed by atoms with Crippen LogP contribution in [-0.4, -0.2) is 45.5 Å². The fourth-order valence-electron chi connectivity index (χ4n) is 3.13. The number of nitrogens with zero attached hydrogens (tertiary/aromatic N) is 2. The number of piperidine rings is 1. The number of hydrogen-bond donors (Lipinski definition) is 2. The smallest absolute Gasteiger partial charge is 0.255 e. The molecule has 1 aliphatic heterocycles. The summed E-state index contributed by atoms with van der Waals surface area (Å²) in [5, 5.41) is 10.3. The highest BCUT2D eigenvalue weighted by atomic mass is 16.3. The Labute approximate surface area is 146 Å². The van der Waals surface area contributed by atoms with E-state index in [-0.39, 0.29) is 18.9 Å². The molecule has 0 saturated carbocycles. The number of likely N-dealkylation sites (tertiary alicyclic amines) is 1. The van der Waals surface area contributed by atoms with Gasteiger partial charge in [-0.3, -0.25) is 14.6 Å². The lowest BCUT2D eigenvalue weighted by Gasteiger charge is -2.37. The van der Waals surface area contributed by atoms with Crippen LogP contribution in [-0.2, 0) is 4.79 Å². The first-order valence-corrected chi connectivity index (χ1v) is 8.23. The van der Waals surface area contributed by atoms with E-state index in [1.54, 1.807) is 12.3 Å². The molecule has 0 radical (unpaired) electrons. The van der Waals surface area contributed by atoms with Crippen LogP contribution in [0.15, 0.2) is 42.7 Å². The van der Waals surface area contributed by atoms with Crippen LogP contribution in [0.2, 0.25) is 0 Å². The van der Waals surface area contributed by atoms with Gasteiger partial charge in [-0.15, -0.1) is 0 Å². The summed E-state index contributed by atoms with van der Waals surface area (Å²) in [6.45, 7) is 2.39. The van der Waals surface area contributed by atoms with Gasteiger partial charge in [0.1, 0.15) is 0 Å². The van der Waals surface area contributed by atoms with E-state index in [0.717, 1.165) is 16.7 Å². The van der Waals surface area contributed by atoms with Gasteiger partial charge in [-0.1, -0.05) is 29.8 Å². The van der Waals surface area contributed by atoms with Crippen molar-refractivity contribution < 1.29 is 14.7 Å². The zero-order chi connectivity index (χ0) is 18.0. The Kier molecular flexibility index (Phi) is 4.55. The first-order chi connectivity index (χ1) is 11.9. The summed E-state index contributed by atoms with van der Waals surface area (Å²) < 4.78 is 0. The maximum atomic E-state index is 12.8. The molecular formula is C19H21N3O3. The third-order valence-corrected chi connectivity index (χ3v) is 4.55. The van der Waals surface area contributed by atoms with Crippen LogP contribution in [0.3, 0.4) is 0 Å². The predicted octanol–water partition coefficient (Wildman–Crippen LogP) is 1.51. The molecule has 2 amide bonds. The molecule has 1 saturated heterocycles. The zero-order valence-electron chi connectivity index (χ0n) is 14.1. The third kappa shape index (κ3) is 3.53. The van der Waals surface area contributed by atoms with Gasteiger partial charge in [-0.25, -0.2) is 0 Å². The van der Waals surface area contributed by atoms with Crippen LogP contribution in [0.25, 0.3) is 11.1 Å². The highest BCUT2D eigenvalue weighted by Gasteiger charge is 2.40. The van der Waals surface area contributed by atoms with E-state index in [2.05, 4.69) is 4.98 Å². The number of aromatic nitrogens is 1. The molecule has 2 aromatic rings. The summed E-state index contributed by atoms with van der Waals surface area (Å²) in [5.74, 6) is -1.06. The summed E-state index contributed by atoms with van der Waals surface area (Å²) in [7, 11) is 0. The second-order valence-electron chi connectivity index (χ2n) is 6.56. The fraction of sp³-hybridized carbons (Fsp3) is 0.316. The molecule has 130 valence electrons. The summed E-state index contributed by atoms with van der Waals surface area (Å²) in [6.07, 6.45) is 4.00. The van der Waals surface area contributed by atoms with Gasteiger partial charge in [0.05, 0.1) is 12.1 Å². The van der Waals surface area contributed by atoms with E-state index >= 15 is 0 Å². The SMILES string of the molecule is Cc1cccc(-c2cncc(C(=O)N3CCC[C@](O)(C(N)=O)C3)c2)c1. The molecule has 0 spiro atoms. The normalized spacial score (nSPS) is 20.3. The Bertz CT molecular complexity index is 821. The minimum atomic E-state index is -1.66. The average Bonchev–Trinajstić information content (AvgIpc) is 2.61. The van der Waals surface area contributed by atoms with Gasteiger partial charge in [0, 0.05) is 24.5 Å². The van der Waals surface area contributed by atoms with Gasteiger partial charge in [0.25, 0.3) is 11.8 Å². The van der Waals surface area contributed by atoms with Crippen molar-refractivity contribution in [2.24, 2.45) is 5.73 Å². The number of carbonyl (C=O) groups excluding carboxylic acids is 2. The molecule has 1 fully saturated rings. The minimum Gasteiger partial charge on any atom is -0.378 e. The minimum absolute atomic E-state index is 0.0875. The molecule has 6 heteroatoms. The monoisotopic (exact) mass is 339 g/mol. The van der Waals surface area contributed by atoms with Crippen molar-refractivity contribution in [1.29, 1.82) is 0 Å². The number of primary amides is 1. The number of aliphatic hydroxyl groups is 1. The van der Waals surface area contributed by atoms with Gasteiger partial charge in [0.2, 0.25) is 0 Å². The second-order valence-corrected chi connectivity index (χ2v) is 6.56. The molecule has 0 unspecified atom stereocenters. The molecule has 0 aliphatic carbocycles. The molecule has 1 atom stereocenters. The zero-order valence-corrected chi connectivity index (χ0v) is 14.1. The van der Waals surface area contributed by atoms with E-state index < -0.39 is 11.5 Å². The summed E-state index contributed by atoms with van der Waals surface area (Å²) in [4.78, 5) is 29.9. The second kappa shape index (κ2) is 6.64. The topological polar surface area (TPSA) is 96.5 Å². The molecule has 6 nitrogen and oxygen atoms in total. The lowest BCUT2D eigenvalue weighted by molar-refractivity contribution is -0.140.